The van der Waals surface area contributed by atoms with Gasteiger partial charge in [-0.2, -0.15) is 0 Å². The summed E-state index contributed by atoms with van der Waals surface area (Å²) in [5, 5.41) is 27.3. The van der Waals surface area contributed by atoms with Gasteiger partial charge < -0.3 is 36.9 Å². The summed E-state index contributed by atoms with van der Waals surface area (Å²) in [5.41, 5.74) is 8.00. The highest BCUT2D eigenvalue weighted by Crippen LogP contribution is 2.13. The average molecular weight is 579 g/mol. The molecular formula is C30H38N6O6. The number of hydrogen-bond donors (Lipinski definition) is 7. The van der Waals surface area contributed by atoms with Crippen LogP contribution in [0.1, 0.15) is 37.1 Å². The second-order valence-electron chi connectivity index (χ2n) is 10.3. The number of carboxylic acids is 1. The van der Waals surface area contributed by atoms with Crippen molar-refractivity contribution in [2.75, 3.05) is 0 Å². The van der Waals surface area contributed by atoms with E-state index in [0.29, 0.717) is 17.7 Å². The number of phenols is 1. The smallest absolute Gasteiger partial charge is 0.326 e. The lowest BCUT2D eigenvalue weighted by Crippen LogP contribution is -2.58. The number of nitrogens with two attached hydrogens (primary N) is 1. The third-order valence-electron chi connectivity index (χ3n) is 7.08. The van der Waals surface area contributed by atoms with Gasteiger partial charge in [-0.25, -0.2) is 9.78 Å². The Morgan fingerprint density at radius 1 is 0.833 bits per heavy atom. The predicted molar refractivity (Wildman–Crippen MR) is 155 cm³/mol. The average Bonchev–Trinajstić information content (AvgIpc) is 3.50. The zero-order valence-corrected chi connectivity index (χ0v) is 23.6. The van der Waals surface area contributed by atoms with Crippen LogP contribution in [-0.4, -0.2) is 68.0 Å². The van der Waals surface area contributed by atoms with Crippen molar-refractivity contribution in [1.82, 2.24) is 25.9 Å². The van der Waals surface area contributed by atoms with E-state index < -0.39 is 47.9 Å². The third kappa shape index (κ3) is 9.44. The molecule has 0 spiro atoms. The Morgan fingerprint density at radius 3 is 1.95 bits per heavy atom. The molecule has 12 nitrogen and oxygen atoms in total. The Hall–Kier alpha value is -4.71. The number of phenolic OH excluding ortho intramolecular Hbond substituents is 1. The number of amides is 3. The Kier molecular flexibility index (Phi) is 11.6. The van der Waals surface area contributed by atoms with Gasteiger partial charge in [0.15, 0.2) is 0 Å². The number of benzene rings is 2. The molecule has 0 aliphatic heterocycles. The molecule has 8 N–H and O–H groups in total. The normalized spacial score (nSPS) is 14.5. The number of rotatable bonds is 15. The number of carbonyl (C=O) groups excluding carboxylic acids is 3. The number of aliphatic carboxylic acids is 1. The number of hydrogen-bond acceptors (Lipinski definition) is 7. The van der Waals surface area contributed by atoms with E-state index in [4.69, 9.17) is 5.73 Å². The van der Waals surface area contributed by atoms with Crippen molar-refractivity contribution in [3.63, 3.8) is 0 Å². The fourth-order valence-electron chi connectivity index (χ4n) is 4.28. The van der Waals surface area contributed by atoms with Crippen LogP contribution in [0.3, 0.4) is 0 Å². The quantitative estimate of drug-likeness (QED) is 0.139. The number of aromatic hydroxyl groups is 1. The zero-order valence-electron chi connectivity index (χ0n) is 23.6. The molecule has 0 saturated carbocycles. The van der Waals surface area contributed by atoms with Crippen molar-refractivity contribution in [1.29, 1.82) is 0 Å². The first-order chi connectivity index (χ1) is 20.1. The first-order valence-electron chi connectivity index (χ1n) is 13.8. The van der Waals surface area contributed by atoms with Gasteiger partial charge in [0.2, 0.25) is 17.7 Å². The summed E-state index contributed by atoms with van der Waals surface area (Å²) in [6.07, 6.45) is 3.72. The van der Waals surface area contributed by atoms with Gasteiger partial charge in [0, 0.05) is 31.2 Å². The second kappa shape index (κ2) is 15.3. The molecule has 0 fully saturated rings. The van der Waals surface area contributed by atoms with Crippen molar-refractivity contribution < 1.29 is 29.4 Å². The minimum absolute atomic E-state index is 0.0298. The Bertz CT molecular complexity index is 1320. The van der Waals surface area contributed by atoms with Crippen molar-refractivity contribution >= 4 is 23.7 Å². The Balaban J connectivity index is 1.82. The van der Waals surface area contributed by atoms with Crippen molar-refractivity contribution in [2.45, 2.75) is 63.7 Å². The number of carbonyl (C=O) groups is 4. The second-order valence-corrected chi connectivity index (χ2v) is 10.3. The highest BCUT2D eigenvalue weighted by molar-refractivity contribution is 5.94. The third-order valence-corrected chi connectivity index (χ3v) is 7.08. The minimum Gasteiger partial charge on any atom is -0.508 e. The topological polar surface area (TPSA) is 200 Å². The van der Waals surface area contributed by atoms with Gasteiger partial charge in [-0.05, 0) is 29.2 Å². The summed E-state index contributed by atoms with van der Waals surface area (Å²) in [7, 11) is 0. The Morgan fingerprint density at radius 2 is 1.38 bits per heavy atom. The molecule has 1 heterocycles. The van der Waals surface area contributed by atoms with E-state index in [0.717, 1.165) is 5.56 Å². The summed E-state index contributed by atoms with van der Waals surface area (Å²) < 4.78 is 0. The number of nitrogens with one attached hydrogen (secondary N) is 4. The predicted octanol–water partition coefficient (Wildman–Crippen LogP) is 1.06. The number of aromatic amines is 1. The zero-order chi connectivity index (χ0) is 30.6. The number of H-pyrrole nitrogens is 1. The molecule has 12 heteroatoms. The standard InChI is InChI=1S/C30H38N6O6/c1-3-18(2)26(31)29(40)35-24(15-21-16-32-17-33-21)28(39)34-23(13-19-7-5-4-6-8-19)27(38)36-25(30(41)42)14-20-9-11-22(37)12-10-20/h4-12,16-18,23-26,37H,3,13-15,31H2,1-2H3,(H,32,33)(H,34,39)(H,35,40)(H,36,38)(H,41,42). The van der Waals surface area contributed by atoms with Crippen LogP contribution < -0.4 is 21.7 Å². The van der Waals surface area contributed by atoms with Crippen LogP contribution in [0.2, 0.25) is 0 Å². The molecule has 0 radical (unpaired) electrons. The fourth-order valence-corrected chi connectivity index (χ4v) is 4.28. The summed E-state index contributed by atoms with van der Waals surface area (Å²) in [5.74, 6) is -3.21. The van der Waals surface area contributed by atoms with Crippen LogP contribution in [0.25, 0.3) is 0 Å². The molecule has 2 aromatic carbocycles. The summed E-state index contributed by atoms with van der Waals surface area (Å²) in [4.78, 5) is 58.9. The van der Waals surface area contributed by atoms with Gasteiger partial charge in [-0.3, -0.25) is 14.4 Å². The molecule has 3 aromatic rings. The molecule has 1 aromatic heterocycles. The van der Waals surface area contributed by atoms with Gasteiger partial charge in [-0.1, -0.05) is 62.7 Å². The number of imidazole rings is 1. The van der Waals surface area contributed by atoms with Gasteiger partial charge in [0.05, 0.1) is 12.4 Å². The fraction of sp³-hybridized carbons (Fsp3) is 0.367. The first-order valence-corrected chi connectivity index (χ1v) is 13.8. The number of carboxylic acid groups (broad SMARTS) is 1. The summed E-state index contributed by atoms with van der Waals surface area (Å²) in [6.45, 7) is 3.75. The largest absolute Gasteiger partial charge is 0.508 e. The van der Waals surface area contributed by atoms with E-state index in [1.54, 1.807) is 36.4 Å². The van der Waals surface area contributed by atoms with E-state index in [-0.39, 0.29) is 30.9 Å². The minimum atomic E-state index is -1.30. The monoisotopic (exact) mass is 578 g/mol. The molecule has 0 saturated heterocycles. The van der Waals surface area contributed by atoms with Crippen LogP contribution >= 0.6 is 0 Å². The van der Waals surface area contributed by atoms with Crippen LogP contribution in [-0.2, 0) is 38.4 Å². The number of aromatic nitrogens is 2. The van der Waals surface area contributed by atoms with Crippen LogP contribution in [0.4, 0.5) is 0 Å². The van der Waals surface area contributed by atoms with Crippen molar-refractivity contribution in [2.24, 2.45) is 11.7 Å². The molecule has 0 bridgehead atoms. The molecular weight excluding hydrogens is 540 g/mol. The first kappa shape index (κ1) is 31.8. The van der Waals surface area contributed by atoms with E-state index in [2.05, 4.69) is 25.9 Å². The molecule has 5 unspecified atom stereocenters. The molecule has 3 amide bonds. The van der Waals surface area contributed by atoms with Crippen LogP contribution in [0, 0.1) is 5.92 Å². The van der Waals surface area contributed by atoms with Gasteiger partial charge >= 0.3 is 5.97 Å². The van der Waals surface area contributed by atoms with Crippen molar-refractivity contribution in [3.05, 3.63) is 83.9 Å². The lowest BCUT2D eigenvalue weighted by Gasteiger charge is -2.26. The molecule has 0 aliphatic carbocycles. The van der Waals surface area contributed by atoms with Gasteiger partial charge in [0.1, 0.15) is 23.9 Å². The molecule has 42 heavy (non-hydrogen) atoms. The van der Waals surface area contributed by atoms with Crippen LogP contribution in [0.5, 0.6) is 5.75 Å². The summed E-state index contributed by atoms with van der Waals surface area (Å²) in [6, 6.07) is 10.5. The molecule has 5 atom stereocenters. The maximum Gasteiger partial charge on any atom is 0.326 e. The number of nitrogens with zero attached hydrogens (tertiary/aromatic N) is 1. The van der Waals surface area contributed by atoms with Gasteiger partial charge in [0.25, 0.3) is 0 Å². The van der Waals surface area contributed by atoms with E-state index in [9.17, 15) is 29.4 Å². The molecule has 0 aliphatic rings. The SMILES string of the molecule is CCC(C)C(N)C(=O)NC(Cc1cnc[nH]1)C(=O)NC(Cc1ccccc1)C(=O)NC(Cc1ccc(O)cc1)C(=O)O. The van der Waals surface area contributed by atoms with Crippen LogP contribution in [0.15, 0.2) is 67.1 Å². The molecule has 3 rings (SSSR count). The Labute approximate surface area is 244 Å². The van der Waals surface area contributed by atoms with E-state index >= 15 is 0 Å². The maximum atomic E-state index is 13.6. The van der Waals surface area contributed by atoms with E-state index in [1.165, 1.54) is 24.7 Å². The van der Waals surface area contributed by atoms with Crippen molar-refractivity contribution in [3.8, 4) is 5.75 Å². The van der Waals surface area contributed by atoms with E-state index in [1.807, 2.05) is 19.9 Å². The summed E-state index contributed by atoms with van der Waals surface area (Å²) >= 11 is 0. The lowest BCUT2D eigenvalue weighted by molar-refractivity contribution is -0.142. The highest BCUT2D eigenvalue weighted by atomic mass is 16.4. The van der Waals surface area contributed by atoms with Gasteiger partial charge in [-0.15, -0.1) is 0 Å². The highest BCUT2D eigenvalue weighted by Gasteiger charge is 2.31. The lowest BCUT2D eigenvalue weighted by atomic mass is 9.98. The molecule has 224 valence electrons. The maximum absolute atomic E-state index is 13.6.